The largest absolute Gasteiger partial charge is 0.461 e. The Kier molecular flexibility index (Phi) is 4.58. The SMILES string of the molecule is CC(F)(F)C(=O)OCCCC(=O)OC1(C)C2CC3CC1CC(O)(C3)C2. The fourth-order valence-electron chi connectivity index (χ4n) is 5.12. The Morgan fingerprint density at radius 3 is 2.32 bits per heavy atom. The third kappa shape index (κ3) is 3.66. The van der Waals surface area contributed by atoms with Crippen LogP contribution in [0.4, 0.5) is 8.78 Å². The molecule has 2 unspecified atom stereocenters. The second kappa shape index (κ2) is 6.18. The average molecular weight is 360 g/mol. The van der Waals surface area contributed by atoms with Gasteiger partial charge in [-0.05, 0) is 51.4 Å². The summed E-state index contributed by atoms with van der Waals surface area (Å²) >= 11 is 0. The van der Waals surface area contributed by atoms with Crippen molar-refractivity contribution in [3.8, 4) is 0 Å². The van der Waals surface area contributed by atoms with Gasteiger partial charge in [0.2, 0.25) is 0 Å². The van der Waals surface area contributed by atoms with Crippen molar-refractivity contribution in [2.75, 3.05) is 6.61 Å². The second-order valence-electron chi connectivity index (χ2n) is 8.35. The van der Waals surface area contributed by atoms with E-state index in [1.165, 1.54) is 0 Å². The first kappa shape index (κ1) is 18.5. The molecule has 0 aliphatic heterocycles. The van der Waals surface area contributed by atoms with Crippen LogP contribution in [0.1, 0.15) is 58.8 Å². The molecule has 4 saturated carbocycles. The van der Waals surface area contributed by atoms with Gasteiger partial charge < -0.3 is 14.6 Å². The van der Waals surface area contributed by atoms with Crippen LogP contribution < -0.4 is 0 Å². The summed E-state index contributed by atoms with van der Waals surface area (Å²) in [7, 11) is 0. The molecule has 1 N–H and O–H groups in total. The van der Waals surface area contributed by atoms with Crippen LogP contribution in [-0.4, -0.2) is 40.8 Å². The molecule has 7 heteroatoms. The predicted octanol–water partition coefficient (Wildman–Crippen LogP) is 2.84. The molecule has 0 heterocycles. The Bertz CT molecular complexity index is 540. The molecule has 0 aromatic carbocycles. The minimum absolute atomic E-state index is 0.0191. The van der Waals surface area contributed by atoms with Crippen LogP contribution >= 0.6 is 0 Å². The van der Waals surface area contributed by atoms with E-state index in [-0.39, 0.29) is 31.3 Å². The molecular formula is C18H26F2O5. The fourth-order valence-corrected chi connectivity index (χ4v) is 5.12. The van der Waals surface area contributed by atoms with Gasteiger partial charge in [0.15, 0.2) is 0 Å². The van der Waals surface area contributed by atoms with E-state index in [1.54, 1.807) is 0 Å². The van der Waals surface area contributed by atoms with Crippen molar-refractivity contribution in [1.82, 2.24) is 0 Å². The van der Waals surface area contributed by atoms with Crippen molar-refractivity contribution in [3.63, 3.8) is 0 Å². The molecule has 4 fully saturated rings. The van der Waals surface area contributed by atoms with Gasteiger partial charge in [0.25, 0.3) is 0 Å². The van der Waals surface area contributed by atoms with Gasteiger partial charge in [-0.25, -0.2) is 4.79 Å². The van der Waals surface area contributed by atoms with Crippen LogP contribution in [-0.2, 0) is 19.1 Å². The Morgan fingerprint density at radius 2 is 1.80 bits per heavy atom. The number of rotatable bonds is 6. The van der Waals surface area contributed by atoms with E-state index < -0.39 is 29.1 Å². The van der Waals surface area contributed by atoms with Crippen LogP contribution in [0.15, 0.2) is 0 Å². The monoisotopic (exact) mass is 360 g/mol. The summed E-state index contributed by atoms with van der Waals surface area (Å²) in [6, 6.07) is 0. The van der Waals surface area contributed by atoms with Gasteiger partial charge in [0.1, 0.15) is 5.60 Å². The van der Waals surface area contributed by atoms with E-state index in [1.807, 2.05) is 6.92 Å². The molecule has 4 aliphatic carbocycles. The summed E-state index contributed by atoms with van der Waals surface area (Å²) in [6.07, 6.45) is 4.33. The summed E-state index contributed by atoms with van der Waals surface area (Å²) < 4.78 is 35.6. The van der Waals surface area contributed by atoms with Crippen molar-refractivity contribution in [2.45, 2.75) is 75.9 Å². The summed E-state index contributed by atoms with van der Waals surface area (Å²) in [5.74, 6) is -4.64. The first-order valence-electron chi connectivity index (χ1n) is 9.01. The first-order valence-corrected chi connectivity index (χ1v) is 9.01. The predicted molar refractivity (Wildman–Crippen MR) is 83.8 cm³/mol. The van der Waals surface area contributed by atoms with Gasteiger partial charge in [0.05, 0.1) is 12.2 Å². The quantitative estimate of drug-likeness (QED) is 0.582. The summed E-state index contributed by atoms with van der Waals surface area (Å²) in [6.45, 7) is 2.20. The molecular weight excluding hydrogens is 334 g/mol. The summed E-state index contributed by atoms with van der Waals surface area (Å²) in [5, 5.41) is 10.6. The lowest BCUT2D eigenvalue weighted by Gasteiger charge is -2.61. The van der Waals surface area contributed by atoms with E-state index in [0.717, 1.165) is 19.3 Å². The molecule has 142 valence electrons. The number of carbonyl (C=O) groups is 2. The van der Waals surface area contributed by atoms with Gasteiger partial charge in [-0.1, -0.05) is 0 Å². The fraction of sp³-hybridized carbons (Fsp3) is 0.889. The lowest BCUT2D eigenvalue weighted by Crippen LogP contribution is -2.63. The maximum Gasteiger partial charge on any atom is 0.376 e. The Hall–Kier alpha value is -1.24. The van der Waals surface area contributed by atoms with E-state index in [2.05, 4.69) is 4.74 Å². The minimum atomic E-state index is -3.52. The zero-order valence-electron chi connectivity index (χ0n) is 14.7. The zero-order valence-corrected chi connectivity index (χ0v) is 14.7. The van der Waals surface area contributed by atoms with Crippen molar-refractivity contribution in [3.05, 3.63) is 0 Å². The molecule has 4 rings (SSSR count). The summed E-state index contributed by atoms with van der Waals surface area (Å²) in [5.41, 5.74) is -1.16. The van der Waals surface area contributed by atoms with Gasteiger partial charge in [-0.2, -0.15) is 8.78 Å². The standard InChI is InChI=1S/C18H26F2O5/c1-16(12-6-11-7-13(16)10-18(23,8-11)9-12)25-14(21)4-3-5-24-15(22)17(2,19)20/h11-13,23H,3-10H2,1-2H3. The maximum atomic E-state index is 12.7. The topological polar surface area (TPSA) is 72.8 Å². The van der Waals surface area contributed by atoms with Gasteiger partial charge in [-0.3, -0.25) is 4.79 Å². The molecule has 0 aromatic heterocycles. The van der Waals surface area contributed by atoms with E-state index >= 15 is 0 Å². The number of carbonyl (C=O) groups excluding carboxylic acids is 2. The smallest absolute Gasteiger partial charge is 0.376 e. The highest BCUT2D eigenvalue weighted by molar-refractivity contribution is 5.77. The number of aliphatic hydroxyl groups is 1. The zero-order chi connectivity index (χ0) is 18.5. The number of hydrogen-bond acceptors (Lipinski definition) is 5. The number of esters is 2. The average Bonchev–Trinajstić information content (AvgIpc) is 2.46. The Labute approximate surface area is 146 Å². The van der Waals surface area contributed by atoms with E-state index in [4.69, 9.17) is 4.74 Å². The van der Waals surface area contributed by atoms with Gasteiger partial charge in [0, 0.05) is 25.2 Å². The van der Waals surface area contributed by atoms with Crippen molar-refractivity contribution >= 4 is 11.9 Å². The molecule has 2 atom stereocenters. The molecule has 0 radical (unpaired) electrons. The van der Waals surface area contributed by atoms with Gasteiger partial charge in [-0.15, -0.1) is 0 Å². The van der Waals surface area contributed by atoms with Crippen molar-refractivity contribution in [1.29, 1.82) is 0 Å². The van der Waals surface area contributed by atoms with Crippen LogP contribution in [0.25, 0.3) is 0 Å². The molecule has 0 spiro atoms. The Balaban J connectivity index is 1.48. The number of ether oxygens (including phenoxy) is 2. The highest BCUT2D eigenvalue weighted by Crippen LogP contribution is 2.61. The van der Waals surface area contributed by atoms with Crippen LogP contribution in [0.3, 0.4) is 0 Å². The molecule has 5 nitrogen and oxygen atoms in total. The molecule has 25 heavy (non-hydrogen) atoms. The molecule has 4 aliphatic rings. The highest BCUT2D eigenvalue weighted by Gasteiger charge is 2.61. The molecule has 0 aromatic rings. The third-order valence-electron chi connectivity index (χ3n) is 6.23. The normalized spacial score (nSPS) is 39.3. The summed E-state index contributed by atoms with van der Waals surface area (Å²) in [4.78, 5) is 23.2. The van der Waals surface area contributed by atoms with E-state index in [9.17, 15) is 23.5 Å². The van der Waals surface area contributed by atoms with Crippen LogP contribution in [0.2, 0.25) is 0 Å². The lowest BCUT2D eigenvalue weighted by molar-refractivity contribution is -0.235. The lowest BCUT2D eigenvalue weighted by atomic mass is 9.48. The number of halogens is 2. The van der Waals surface area contributed by atoms with Gasteiger partial charge >= 0.3 is 17.9 Å². The van der Waals surface area contributed by atoms with Crippen LogP contribution in [0.5, 0.6) is 0 Å². The van der Waals surface area contributed by atoms with Crippen molar-refractivity contribution < 1.29 is 33.0 Å². The van der Waals surface area contributed by atoms with E-state index in [0.29, 0.717) is 25.7 Å². The van der Waals surface area contributed by atoms with Crippen LogP contribution in [0, 0.1) is 17.8 Å². The highest BCUT2D eigenvalue weighted by atomic mass is 19.3. The Morgan fingerprint density at radius 1 is 1.20 bits per heavy atom. The number of alkyl halides is 2. The molecule has 0 amide bonds. The third-order valence-corrected chi connectivity index (χ3v) is 6.23. The first-order chi connectivity index (χ1) is 11.5. The number of hydrogen-bond donors (Lipinski definition) is 1. The molecule has 0 saturated heterocycles. The second-order valence-corrected chi connectivity index (χ2v) is 8.35. The molecule has 4 bridgehead atoms. The maximum absolute atomic E-state index is 12.7. The van der Waals surface area contributed by atoms with Crippen molar-refractivity contribution in [2.24, 2.45) is 17.8 Å². The minimum Gasteiger partial charge on any atom is -0.461 e.